The van der Waals surface area contributed by atoms with Crippen LogP contribution in [0.5, 0.6) is 0 Å². The Bertz CT molecular complexity index is 910. The molecule has 3 rings (SSSR count). The van der Waals surface area contributed by atoms with Gasteiger partial charge < -0.3 is 5.32 Å². The number of carbonyl (C=O) groups excluding carboxylic acids is 1. The maximum Gasteiger partial charge on any atom is 0.238 e. The third-order valence-electron chi connectivity index (χ3n) is 4.56. The zero-order chi connectivity index (χ0) is 18.5. The fourth-order valence-corrected chi connectivity index (χ4v) is 3.60. The molecule has 1 amide bonds. The van der Waals surface area contributed by atoms with Crippen LogP contribution in [-0.4, -0.2) is 23.9 Å². The topological polar surface area (TPSA) is 56.1 Å². The number of rotatable bonds is 5. The van der Waals surface area contributed by atoms with E-state index in [0.29, 0.717) is 22.8 Å². The molecule has 0 bridgehead atoms. The Kier molecular flexibility index (Phi) is 5.58. The van der Waals surface area contributed by atoms with Crippen LogP contribution in [0.4, 0.5) is 5.69 Å². The maximum atomic E-state index is 12.5. The highest BCUT2D eigenvalue weighted by Crippen LogP contribution is 2.35. The molecule has 2 aromatic rings. The number of anilines is 1. The molecule has 0 heterocycles. The van der Waals surface area contributed by atoms with E-state index in [1.54, 1.807) is 18.2 Å². The smallest absolute Gasteiger partial charge is 0.238 e. The summed E-state index contributed by atoms with van der Waals surface area (Å²) in [4.78, 5) is 14.5. The van der Waals surface area contributed by atoms with Crippen LogP contribution in [0.2, 0.25) is 5.02 Å². The molecule has 5 heteroatoms. The van der Waals surface area contributed by atoms with Crippen molar-refractivity contribution in [1.82, 2.24) is 4.90 Å². The highest BCUT2D eigenvalue weighted by atomic mass is 35.5. The van der Waals surface area contributed by atoms with E-state index in [4.69, 9.17) is 23.3 Å². The summed E-state index contributed by atoms with van der Waals surface area (Å²) < 4.78 is 0. The van der Waals surface area contributed by atoms with Gasteiger partial charge in [0.1, 0.15) is 6.07 Å². The average Bonchev–Trinajstić information content (AvgIpc) is 3.05. The molecule has 0 saturated heterocycles. The van der Waals surface area contributed by atoms with Crippen molar-refractivity contribution in [3.8, 4) is 18.4 Å². The van der Waals surface area contributed by atoms with Crippen LogP contribution in [0.1, 0.15) is 29.2 Å². The quantitative estimate of drug-likeness (QED) is 0.822. The summed E-state index contributed by atoms with van der Waals surface area (Å²) in [6, 6.07) is 15.3. The largest absolute Gasteiger partial charge is 0.325 e. The van der Waals surface area contributed by atoms with E-state index in [-0.39, 0.29) is 18.5 Å². The molecule has 1 atom stereocenters. The second kappa shape index (κ2) is 8.06. The molecular formula is C21H18ClN3O. The van der Waals surface area contributed by atoms with Gasteiger partial charge in [-0.3, -0.25) is 9.69 Å². The number of amides is 1. The lowest BCUT2D eigenvalue weighted by Gasteiger charge is -2.27. The van der Waals surface area contributed by atoms with Gasteiger partial charge >= 0.3 is 0 Å². The average molecular weight is 364 g/mol. The molecule has 1 aliphatic rings. The molecule has 4 nitrogen and oxygen atoms in total. The molecule has 0 radical (unpaired) electrons. The Morgan fingerprint density at radius 2 is 2.15 bits per heavy atom. The maximum absolute atomic E-state index is 12.5. The van der Waals surface area contributed by atoms with Gasteiger partial charge in [0.2, 0.25) is 5.91 Å². The number of hydrogen-bond donors (Lipinski definition) is 1. The van der Waals surface area contributed by atoms with E-state index in [2.05, 4.69) is 23.4 Å². The van der Waals surface area contributed by atoms with Crippen LogP contribution in [0.3, 0.4) is 0 Å². The molecule has 0 aliphatic heterocycles. The molecule has 26 heavy (non-hydrogen) atoms. The first-order valence-corrected chi connectivity index (χ1v) is 8.75. The molecule has 0 aromatic heterocycles. The normalized spacial score (nSPS) is 15.2. The minimum atomic E-state index is -0.162. The number of hydrogen-bond acceptors (Lipinski definition) is 3. The van der Waals surface area contributed by atoms with Crippen molar-refractivity contribution >= 4 is 23.2 Å². The van der Waals surface area contributed by atoms with Gasteiger partial charge in [0, 0.05) is 11.7 Å². The monoisotopic (exact) mass is 363 g/mol. The predicted molar refractivity (Wildman–Crippen MR) is 103 cm³/mol. The van der Waals surface area contributed by atoms with E-state index in [0.717, 1.165) is 12.8 Å². The summed E-state index contributed by atoms with van der Waals surface area (Å²) in [5.74, 6) is 2.50. The van der Waals surface area contributed by atoms with E-state index in [1.807, 2.05) is 23.1 Å². The van der Waals surface area contributed by atoms with Crippen molar-refractivity contribution < 1.29 is 4.79 Å². The molecule has 1 N–H and O–H groups in total. The number of nitrogens with zero attached hydrogens (tertiary/aromatic N) is 2. The number of nitrogens with one attached hydrogen (secondary N) is 1. The van der Waals surface area contributed by atoms with E-state index in [9.17, 15) is 4.79 Å². The van der Waals surface area contributed by atoms with Crippen molar-refractivity contribution in [1.29, 1.82) is 5.26 Å². The molecule has 130 valence electrons. The summed E-state index contributed by atoms with van der Waals surface area (Å²) in [6.45, 7) is 0.599. The molecule has 0 spiro atoms. The third kappa shape index (κ3) is 3.89. The van der Waals surface area contributed by atoms with Crippen molar-refractivity contribution in [3.63, 3.8) is 0 Å². The first-order chi connectivity index (χ1) is 12.6. The highest BCUT2D eigenvalue weighted by Gasteiger charge is 2.28. The van der Waals surface area contributed by atoms with Gasteiger partial charge in [-0.15, -0.1) is 6.42 Å². The standard InChI is InChI=1S/C21H18ClN3O/c1-2-11-25(20-10-8-15-5-3-4-6-18(15)20)14-21(26)24-17-9-7-16(13-23)19(22)12-17/h1,3-7,9,12,20H,8,10-11,14H2,(H,24,26). The zero-order valence-corrected chi connectivity index (χ0v) is 15.0. The lowest BCUT2D eigenvalue weighted by molar-refractivity contribution is -0.117. The summed E-state index contributed by atoms with van der Waals surface area (Å²) >= 11 is 6.02. The molecule has 1 unspecified atom stereocenters. The third-order valence-corrected chi connectivity index (χ3v) is 4.87. The molecule has 2 aromatic carbocycles. The van der Waals surface area contributed by atoms with Crippen molar-refractivity contribution in [3.05, 3.63) is 64.2 Å². The van der Waals surface area contributed by atoms with Gasteiger partial charge in [-0.25, -0.2) is 0 Å². The second-order valence-electron chi connectivity index (χ2n) is 6.22. The fourth-order valence-electron chi connectivity index (χ4n) is 3.38. The number of nitriles is 1. The van der Waals surface area contributed by atoms with Gasteiger partial charge in [-0.1, -0.05) is 41.8 Å². The van der Waals surface area contributed by atoms with Crippen LogP contribution in [0.25, 0.3) is 0 Å². The van der Waals surface area contributed by atoms with Gasteiger partial charge in [0.25, 0.3) is 0 Å². The summed E-state index contributed by atoms with van der Waals surface area (Å²) in [5.41, 5.74) is 3.50. The second-order valence-corrected chi connectivity index (χ2v) is 6.62. The van der Waals surface area contributed by atoms with Crippen LogP contribution in [0.15, 0.2) is 42.5 Å². The Morgan fingerprint density at radius 1 is 1.35 bits per heavy atom. The van der Waals surface area contributed by atoms with Crippen LogP contribution >= 0.6 is 11.6 Å². The summed E-state index contributed by atoms with van der Waals surface area (Å²) in [5, 5.41) is 12.1. The van der Waals surface area contributed by atoms with Crippen LogP contribution < -0.4 is 5.32 Å². The van der Waals surface area contributed by atoms with E-state index < -0.39 is 0 Å². The Morgan fingerprint density at radius 3 is 2.88 bits per heavy atom. The highest BCUT2D eigenvalue weighted by molar-refractivity contribution is 6.32. The Balaban J connectivity index is 1.71. The van der Waals surface area contributed by atoms with Crippen LogP contribution in [0, 0.1) is 23.7 Å². The minimum absolute atomic E-state index is 0.151. The molecule has 1 aliphatic carbocycles. The number of terminal acetylenes is 1. The van der Waals surface area contributed by atoms with Gasteiger partial charge in [-0.2, -0.15) is 5.26 Å². The zero-order valence-electron chi connectivity index (χ0n) is 14.2. The fraction of sp³-hybridized carbons (Fsp3) is 0.238. The molecule has 0 saturated carbocycles. The van der Waals surface area contributed by atoms with Gasteiger partial charge in [-0.05, 0) is 42.2 Å². The summed E-state index contributed by atoms with van der Waals surface area (Å²) in [7, 11) is 0. The van der Waals surface area contributed by atoms with Crippen LogP contribution in [-0.2, 0) is 11.2 Å². The van der Waals surface area contributed by atoms with E-state index in [1.165, 1.54) is 11.1 Å². The number of aryl methyl sites for hydroxylation is 1. The van der Waals surface area contributed by atoms with Crippen molar-refractivity contribution in [2.75, 3.05) is 18.4 Å². The summed E-state index contributed by atoms with van der Waals surface area (Å²) in [6.07, 6.45) is 7.48. The predicted octanol–water partition coefficient (Wildman–Crippen LogP) is 3.77. The molecular weight excluding hydrogens is 346 g/mol. The van der Waals surface area contributed by atoms with Gasteiger partial charge in [0.15, 0.2) is 0 Å². The molecule has 0 fully saturated rings. The SMILES string of the molecule is C#CCN(CC(=O)Nc1ccc(C#N)c(Cl)c1)C1CCc2ccccc21. The van der Waals surface area contributed by atoms with Crippen molar-refractivity contribution in [2.45, 2.75) is 18.9 Å². The lowest BCUT2D eigenvalue weighted by atomic mass is 10.1. The van der Waals surface area contributed by atoms with Gasteiger partial charge in [0.05, 0.1) is 23.7 Å². The van der Waals surface area contributed by atoms with E-state index >= 15 is 0 Å². The van der Waals surface area contributed by atoms with Crippen molar-refractivity contribution in [2.24, 2.45) is 0 Å². The number of halogens is 1. The Hall–Kier alpha value is -2.79. The first kappa shape index (κ1) is 18.0. The minimum Gasteiger partial charge on any atom is -0.325 e. The number of carbonyl (C=O) groups is 1. The number of fused-ring (bicyclic) bond motifs is 1. The first-order valence-electron chi connectivity index (χ1n) is 8.37. The lowest BCUT2D eigenvalue weighted by Crippen LogP contribution is -2.36. The Labute approximate surface area is 158 Å². The number of benzene rings is 2.